The van der Waals surface area contributed by atoms with Gasteiger partial charge >= 0.3 is 0 Å². The van der Waals surface area contributed by atoms with E-state index in [0.717, 1.165) is 28.9 Å². The van der Waals surface area contributed by atoms with Gasteiger partial charge in [0.1, 0.15) is 11.6 Å². The van der Waals surface area contributed by atoms with Gasteiger partial charge in [-0.3, -0.25) is 0 Å². The zero-order valence-electron chi connectivity index (χ0n) is 10.3. The number of aromatic nitrogens is 4. The van der Waals surface area contributed by atoms with Crippen LogP contribution in [0.1, 0.15) is 30.6 Å². The first-order valence-corrected chi connectivity index (χ1v) is 6.48. The summed E-state index contributed by atoms with van der Waals surface area (Å²) in [7, 11) is 1.64. The van der Waals surface area contributed by atoms with Gasteiger partial charge in [-0.05, 0) is 6.54 Å². The van der Waals surface area contributed by atoms with E-state index in [2.05, 4.69) is 34.5 Å². The lowest BCUT2D eigenvalue weighted by Gasteiger charge is -2.06. The highest BCUT2D eigenvalue weighted by atomic mass is 32.1. The summed E-state index contributed by atoms with van der Waals surface area (Å²) in [5, 5.41) is 17.0. The first-order valence-electron chi connectivity index (χ1n) is 5.67. The van der Waals surface area contributed by atoms with Crippen LogP contribution < -0.4 is 5.32 Å². The van der Waals surface area contributed by atoms with Crippen molar-refractivity contribution in [3.05, 3.63) is 10.8 Å². The van der Waals surface area contributed by atoms with Gasteiger partial charge in [0.25, 0.3) is 0 Å². The van der Waals surface area contributed by atoms with Crippen molar-refractivity contribution in [1.29, 1.82) is 0 Å². The molecule has 2 aromatic rings. The van der Waals surface area contributed by atoms with E-state index in [1.165, 1.54) is 0 Å². The third kappa shape index (κ3) is 2.62. The molecule has 0 radical (unpaired) electrons. The molecule has 1 atom stereocenters. The maximum atomic E-state index is 5.06. The standard InChI is InChI=1S/C10H17N5OS/c1-4-11-5-7(2)9-14-15-8(6-16-3)12-13-10(15)17-9/h7,11H,4-6H2,1-3H3. The summed E-state index contributed by atoms with van der Waals surface area (Å²) in [6, 6.07) is 0. The molecule has 0 saturated carbocycles. The van der Waals surface area contributed by atoms with Crippen LogP contribution in [0.3, 0.4) is 0 Å². The summed E-state index contributed by atoms with van der Waals surface area (Å²) in [6.45, 7) is 6.60. The fourth-order valence-corrected chi connectivity index (χ4v) is 2.45. The topological polar surface area (TPSA) is 64.3 Å². The van der Waals surface area contributed by atoms with E-state index in [1.54, 1.807) is 23.0 Å². The van der Waals surface area contributed by atoms with Crippen LogP contribution in [0, 0.1) is 0 Å². The molecule has 1 N–H and O–H groups in total. The van der Waals surface area contributed by atoms with E-state index < -0.39 is 0 Å². The Bertz CT molecular complexity index is 480. The van der Waals surface area contributed by atoms with Gasteiger partial charge in [-0.15, -0.1) is 10.2 Å². The summed E-state index contributed by atoms with van der Waals surface area (Å²) < 4.78 is 6.83. The van der Waals surface area contributed by atoms with Gasteiger partial charge in [0, 0.05) is 19.6 Å². The Labute approximate surface area is 104 Å². The van der Waals surface area contributed by atoms with Crippen molar-refractivity contribution in [1.82, 2.24) is 25.1 Å². The van der Waals surface area contributed by atoms with Crippen LogP contribution in [-0.2, 0) is 11.3 Å². The van der Waals surface area contributed by atoms with Crippen LogP contribution in [0.4, 0.5) is 0 Å². The summed E-state index contributed by atoms with van der Waals surface area (Å²) in [6.07, 6.45) is 0. The SMILES string of the molecule is CCNCC(C)c1nn2c(COC)nnc2s1. The minimum Gasteiger partial charge on any atom is -0.377 e. The van der Waals surface area contributed by atoms with Gasteiger partial charge in [0.05, 0.1) is 0 Å². The van der Waals surface area contributed by atoms with E-state index in [9.17, 15) is 0 Å². The van der Waals surface area contributed by atoms with Crippen LogP contribution >= 0.6 is 11.3 Å². The molecule has 0 bridgehead atoms. The molecule has 0 aliphatic carbocycles. The van der Waals surface area contributed by atoms with Crippen molar-refractivity contribution >= 4 is 16.3 Å². The Hall–Kier alpha value is -1.05. The van der Waals surface area contributed by atoms with Crippen LogP contribution in [0.2, 0.25) is 0 Å². The molecular weight excluding hydrogens is 238 g/mol. The number of likely N-dealkylation sites (N-methyl/N-ethyl adjacent to an activating group) is 1. The molecule has 0 saturated heterocycles. The lowest BCUT2D eigenvalue weighted by molar-refractivity contribution is 0.176. The fraction of sp³-hybridized carbons (Fsp3) is 0.700. The second-order valence-electron chi connectivity index (χ2n) is 3.89. The summed E-state index contributed by atoms with van der Waals surface area (Å²) in [5.41, 5.74) is 0. The maximum absolute atomic E-state index is 5.06. The van der Waals surface area contributed by atoms with E-state index in [1.807, 2.05) is 0 Å². The number of hydrogen-bond acceptors (Lipinski definition) is 6. The number of nitrogens with zero attached hydrogens (tertiary/aromatic N) is 4. The highest BCUT2D eigenvalue weighted by Crippen LogP contribution is 2.21. The van der Waals surface area contributed by atoms with Crippen molar-refractivity contribution in [3.63, 3.8) is 0 Å². The highest BCUT2D eigenvalue weighted by Gasteiger charge is 2.15. The zero-order chi connectivity index (χ0) is 12.3. The fourth-order valence-electron chi connectivity index (χ4n) is 1.54. The van der Waals surface area contributed by atoms with E-state index in [-0.39, 0.29) is 0 Å². The molecule has 7 heteroatoms. The van der Waals surface area contributed by atoms with Crippen molar-refractivity contribution in [2.24, 2.45) is 0 Å². The number of nitrogens with one attached hydrogen (secondary N) is 1. The van der Waals surface area contributed by atoms with Gasteiger partial charge < -0.3 is 10.1 Å². The summed E-state index contributed by atoms with van der Waals surface area (Å²) in [5.74, 6) is 1.14. The predicted octanol–water partition coefficient (Wildman–Crippen LogP) is 1.05. The molecule has 2 aromatic heterocycles. The summed E-state index contributed by atoms with van der Waals surface area (Å²) >= 11 is 1.59. The summed E-state index contributed by atoms with van der Waals surface area (Å²) in [4.78, 5) is 0.829. The number of methoxy groups -OCH3 is 1. The molecule has 1 unspecified atom stereocenters. The molecule has 0 aliphatic rings. The Kier molecular flexibility index (Phi) is 4.03. The number of rotatable bonds is 6. The Morgan fingerprint density at radius 2 is 2.29 bits per heavy atom. The lowest BCUT2D eigenvalue weighted by Crippen LogP contribution is -2.19. The third-order valence-electron chi connectivity index (χ3n) is 2.47. The van der Waals surface area contributed by atoms with Crippen molar-refractivity contribution < 1.29 is 4.74 Å². The Morgan fingerprint density at radius 1 is 1.47 bits per heavy atom. The molecule has 6 nitrogen and oxygen atoms in total. The van der Waals surface area contributed by atoms with Crippen molar-refractivity contribution in [3.8, 4) is 0 Å². The minimum atomic E-state index is 0.386. The first-order chi connectivity index (χ1) is 8.26. The zero-order valence-corrected chi connectivity index (χ0v) is 11.1. The third-order valence-corrected chi connectivity index (χ3v) is 3.60. The number of hydrogen-bond donors (Lipinski definition) is 1. The number of fused-ring (bicyclic) bond motifs is 1. The van der Waals surface area contributed by atoms with Crippen molar-refractivity contribution in [2.75, 3.05) is 20.2 Å². The van der Waals surface area contributed by atoms with Gasteiger partial charge in [0.15, 0.2) is 5.82 Å². The molecule has 94 valence electrons. The molecule has 0 amide bonds. The normalized spacial score (nSPS) is 13.4. The van der Waals surface area contributed by atoms with E-state index in [0.29, 0.717) is 12.5 Å². The average Bonchev–Trinajstić information content (AvgIpc) is 2.88. The van der Waals surface area contributed by atoms with Gasteiger partial charge in [0.2, 0.25) is 4.96 Å². The van der Waals surface area contributed by atoms with Gasteiger partial charge in [-0.1, -0.05) is 25.2 Å². The minimum absolute atomic E-state index is 0.386. The molecular formula is C10H17N5OS. The van der Waals surface area contributed by atoms with Crippen LogP contribution in [0.15, 0.2) is 0 Å². The molecule has 0 fully saturated rings. The smallest absolute Gasteiger partial charge is 0.234 e. The molecule has 2 rings (SSSR count). The molecule has 0 spiro atoms. The second kappa shape index (κ2) is 5.52. The molecule has 0 aliphatic heterocycles. The van der Waals surface area contributed by atoms with Crippen LogP contribution in [0.5, 0.6) is 0 Å². The first kappa shape index (κ1) is 12.4. The average molecular weight is 255 g/mol. The molecule has 17 heavy (non-hydrogen) atoms. The maximum Gasteiger partial charge on any atom is 0.234 e. The van der Waals surface area contributed by atoms with Crippen LogP contribution in [-0.4, -0.2) is 40.0 Å². The Balaban J connectivity index is 2.19. The predicted molar refractivity (Wildman–Crippen MR) is 66.3 cm³/mol. The molecule has 2 heterocycles. The lowest BCUT2D eigenvalue weighted by atomic mass is 10.2. The van der Waals surface area contributed by atoms with E-state index in [4.69, 9.17) is 4.74 Å². The van der Waals surface area contributed by atoms with Gasteiger partial charge in [-0.2, -0.15) is 9.61 Å². The highest BCUT2D eigenvalue weighted by molar-refractivity contribution is 7.16. The Morgan fingerprint density at radius 3 is 3.00 bits per heavy atom. The van der Waals surface area contributed by atoms with Crippen molar-refractivity contribution in [2.45, 2.75) is 26.4 Å². The van der Waals surface area contributed by atoms with Gasteiger partial charge in [-0.25, -0.2) is 0 Å². The molecule has 0 aromatic carbocycles. The largest absolute Gasteiger partial charge is 0.377 e. The van der Waals surface area contributed by atoms with E-state index >= 15 is 0 Å². The van der Waals surface area contributed by atoms with Crippen LogP contribution in [0.25, 0.3) is 4.96 Å². The second-order valence-corrected chi connectivity index (χ2v) is 4.88. The quantitative estimate of drug-likeness (QED) is 0.835. The number of ether oxygens (including phenoxy) is 1. The monoisotopic (exact) mass is 255 g/mol.